The third-order valence-electron chi connectivity index (χ3n) is 3.42. The second-order valence-electron chi connectivity index (χ2n) is 4.56. The SMILES string of the molecule is Cn1c2cc(N)c(N)cc2c2cc(N)c(N)cc21. The summed E-state index contributed by atoms with van der Waals surface area (Å²) >= 11 is 0. The molecule has 0 bridgehead atoms. The molecule has 3 aromatic rings. The maximum absolute atomic E-state index is 5.86. The number of nitrogens with two attached hydrogens (primary N) is 4. The Hall–Kier alpha value is -2.56. The van der Waals surface area contributed by atoms with Crippen LogP contribution in [0.4, 0.5) is 22.7 Å². The van der Waals surface area contributed by atoms with Crippen molar-refractivity contribution in [1.29, 1.82) is 0 Å². The first kappa shape index (κ1) is 10.6. The van der Waals surface area contributed by atoms with Crippen LogP contribution in [-0.4, -0.2) is 4.57 Å². The van der Waals surface area contributed by atoms with Gasteiger partial charge in [0.1, 0.15) is 0 Å². The first-order chi connectivity index (χ1) is 8.49. The minimum Gasteiger partial charge on any atom is -0.397 e. The lowest BCUT2D eigenvalue weighted by Crippen LogP contribution is -1.95. The van der Waals surface area contributed by atoms with E-state index in [1.807, 2.05) is 35.9 Å². The minimum atomic E-state index is 0.574. The highest BCUT2D eigenvalue weighted by atomic mass is 14.9. The van der Waals surface area contributed by atoms with Gasteiger partial charge in [0, 0.05) is 17.8 Å². The van der Waals surface area contributed by atoms with Crippen LogP contribution in [0.5, 0.6) is 0 Å². The molecular formula is C13H15N5. The quantitative estimate of drug-likeness (QED) is 0.449. The summed E-state index contributed by atoms with van der Waals surface area (Å²) in [7, 11) is 1.97. The van der Waals surface area contributed by atoms with E-state index in [1.54, 1.807) is 0 Å². The fraction of sp³-hybridized carbons (Fsp3) is 0.0769. The molecule has 92 valence electrons. The van der Waals surface area contributed by atoms with Crippen LogP contribution < -0.4 is 22.9 Å². The Morgan fingerprint density at radius 1 is 0.667 bits per heavy atom. The first-order valence-electron chi connectivity index (χ1n) is 5.61. The third-order valence-corrected chi connectivity index (χ3v) is 3.42. The molecule has 3 rings (SSSR count). The Labute approximate surface area is 104 Å². The van der Waals surface area contributed by atoms with Crippen LogP contribution in [0, 0.1) is 0 Å². The molecule has 1 heterocycles. The average Bonchev–Trinajstić information content (AvgIpc) is 2.56. The van der Waals surface area contributed by atoms with Gasteiger partial charge in [-0.3, -0.25) is 0 Å². The van der Waals surface area contributed by atoms with E-state index >= 15 is 0 Å². The second kappa shape index (κ2) is 3.22. The van der Waals surface area contributed by atoms with Crippen molar-refractivity contribution in [3.05, 3.63) is 24.3 Å². The zero-order valence-corrected chi connectivity index (χ0v) is 10.1. The summed E-state index contributed by atoms with van der Waals surface area (Å²) in [6.07, 6.45) is 0. The van der Waals surface area contributed by atoms with Crippen molar-refractivity contribution < 1.29 is 0 Å². The van der Waals surface area contributed by atoms with E-state index in [0.717, 1.165) is 21.8 Å². The number of rotatable bonds is 0. The van der Waals surface area contributed by atoms with Crippen molar-refractivity contribution in [2.24, 2.45) is 7.05 Å². The van der Waals surface area contributed by atoms with Gasteiger partial charge in [-0.2, -0.15) is 0 Å². The predicted molar refractivity (Wildman–Crippen MR) is 78.1 cm³/mol. The molecule has 0 spiro atoms. The average molecular weight is 241 g/mol. The lowest BCUT2D eigenvalue weighted by molar-refractivity contribution is 1.01. The summed E-state index contributed by atoms with van der Waals surface area (Å²) in [5, 5.41) is 2.07. The molecule has 0 unspecified atom stereocenters. The fourth-order valence-corrected chi connectivity index (χ4v) is 2.36. The van der Waals surface area contributed by atoms with Gasteiger partial charge in [0.2, 0.25) is 0 Å². The molecule has 0 saturated carbocycles. The molecule has 0 radical (unpaired) electrons. The molecule has 18 heavy (non-hydrogen) atoms. The molecule has 0 fully saturated rings. The smallest absolute Gasteiger partial charge is 0.0569 e. The summed E-state index contributed by atoms with van der Waals surface area (Å²) in [5.74, 6) is 0. The monoisotopic (exact) mass is 241 g/mol. The van der Waals surface area contributed by atoms with Crippen molar-refractivity contribution >= 4 is 44.6 Å². The zero-order chi connectivity index (χ0) is 13.0. The van der Waals surface area contributed by atoms with Gasteiger partial charge in [-0.05, 0) is 24.3 Å². The van der Waals surface area contributed by atoms with Crippen LogP contribution in [0.25, 0.3) is 21.8 Å². The molecule has 2 aromatic carbocycles. The van der Waals surface area contributed by atoms with Crippen LogP contribution in [-0.2, 0) is 7.05 Å². The molecule has 5 heteroatoms. The molecule has 0 aliphatic rings. The molecule has 5 nitrogen and oxygen atoms in total. The van der Waals surface area contributed by atoms with Crippen LogP contribution in [0.3, 0.4) is 0 Å². The van der Waals surface area contributed by atoms with Gasteiger partial charge >= 0.3 is 0 Å². The predicted octanol–water partition coefficient (Wildman–Crippen LogP) is 1.66. The lowest BCUT2D eigenvalue weighted by atomic mass is 10.1. The Balaban J connectivity index is 2.58. The maximum Gasteiger partial charge on any atom is 0.0569 e. The van der Waals surface area contributed by atoms with Crippen molar-refractivity contribution in [3.8, 4) is 0 Å². The van der Waals surface area contributed by atoms with Crippen LogP contribution in [0.15, 0.2) is 24.3 Å². The van der Waals surface area contributed by atoms with E-state index in [0.29, 0.717) is 22.7 Å². The van der Waals surface area contributed by atoms with Gasteiger partial charge in [0.15, 0.2) is 0 Å². The normalized spacial score (nSPS) is 11.4. The lowest BCUT2D eigenvalue weighted by Gasteiger charge is -2.02. The number of anilines is 4. The highest BCUT2D eigenvalue weighted by Crippen LogP contribution is 2.35. The van der Waals surface area contributed by atoms with E-state index in [2.05, 4.69) is 0 Å². The van der Waals surface area contributed by atoms with E-state index in [9.17, 15) is 0 Å². The topological polar surface area (TPSA) is 109 Å². The summed E-state index contributed by atoms with van der Waals surface area (Å²) in [5.41, 5.74) is 27.8. The van der Waals surface area contributed by atoms with E-state index in [-0.39, 0.29) is 0 Å². The van der Waals surface area contributed by atoms with Crippen molar-refractivity contribution in [1.82, 2.24) is 4.57 Å². The number of aromatic nitrogens is 1. The molecule has 0 saturated heterocycles. The van der Waals surface area contributed by atoms with Gasteiger partial charge in [-0.15, -0.1) is 0 Å². The summed E-state index contributed by atoms with van der Waals surface area (Å²) < 4.78 is 2.04. The Morgan fingerprint density at radius 2 is 1.00 bits per heavy atom. The van der Waals surface area contributed by atoms with Gasteiger partial charge in [0.05, 0.1) is 33.8 Å². The van der Waals surface area contributed by atoms with Crippen molar-refractivity contribution in [2.45, 2.75) is 0 Å². The number of benzene rings is 2. The number of fused-ring (bicyclic) bond motifs is 3. The van der Waals surface area contributed by atoms with Crippen molar-refractivity contribution in [3.63, 3.8) is 0 Å². The zero-order valence-electron chi connectivity index (χ0n) is 10.1. The maximum atomic E-state index is 5.86. The number of aryl methyl sites for hydroxylation is 1. The standard InChI is InChI=1S/C13H15N5/c1-18-12-4-10(16)8(14)2-6(12)7-3-9(15)11(17)5-13(7)18/h2-5H,14-17H2,1H3. The molecule has 0 amide bonds. The molecule has 0 aliphatic heterocycles. The summed E-state index contributed by atoms with van der Waals surface area (Å²) in [4.78, 5) is 0. The molecule has 1 aromatic heterocycles. The van der Waals surface area contributed by atoms with Crippen LogP contribution in [0.1, 0.15) is 0 Å². The highest BCUT2D eigenvalue weighted by Gasteiger charge is 2.11. The third kappa shape index (κ3) is 1.21. The Bertz CT molecular complexity index is 720. The number of nitrogen functional groups attached to an aromatic ring is 4. The molecule has 0 aliphatic carbocycles. The minimum absolute atomic E-state index is 0.574. The number of hydrogen-bond donors (Lipinski definition) is 4. The Kier molecular flexibility index (Phi) is 1.90. The fourth-order valence-electron chi connectivity index (χ4n) is 2.36. The molecule has 8 N–H and O–H groups in total. The van der Waals surface area contributed by atoms with Gasteiger partial charge in [0.25, 0.3) is 0 Å². The summed E-state index contributed by atoms with van der Waals surface area (Å²) in [6.45, 7) is 0. The molecular weight excluding hydrogens is 226 g/mol. The largest absolute Gasteiger partial charge is 0.397 e. The van der Waals surface area contributed by atoms with E-state index in [1.165, 1.54) is 0 Å². The van der Waals surface area contributed by atoms with Gasteiger partial charge in [-0.25, -0.2) is 0 Å². The first-order valence-corrected chi connectivity index (χ1v) is 5.61. The van der Waals surface area contributed by atoms with Crippen LogP contribution >= 0.6 is 0 Å². The van der Waals surface area contributed by atoms with Crippen LogP contribution in [0.2, 0.25) is 0 Å². The van der Waals surface area contributed by atoms with E-state index < -0.39 is 0 Å². The number of nitrogens with zero attached hydrogens (tertiary/aromatic N) is 1. The Morgan fingerprint density at radius 3 is 1.39 bits per heavy atom. The van der Waals surface area contributed by atoms with Crippen molar-refractivity contribution in [2.75, 3.05) is 22.9 Å². The summed E-state index contributed by atoms with van der Waals surface area (Å²) in [6, 6.07) is 7.50. The van der Waals surface area contributed by atoms with Gasteiger partial charge in [-0.1, -0.05) is 0 Å². The molecule has 0 atom stereocenters. The second-order valence-corrected chi connectivity index (χ2v) is 4.56. The van der Waals surface area contributed by atoms with E-state index in [4.69, 9.17) is 22.9 Å². The highest BCUT2D eigenvalue weighted by molar-refractivity contribution is 6.12. The number of hydrogen-bond acceptors (Lipinski definition) is 4. The van der Waals surface area contributed by atoms with Gasteiger partial charge < -0.3 is 27.5 Å².